The summed E-state index contributed by atoms with van der Waals surface area (Å²) in [5.41, 5.74) is 3.58. The molecule has 0 saturated carbocycles. The molecule has 5 heteroatoms. The number of alkyl carbamates (subject to hydrolysis) is 1. The fraction of sp³-hybridized carbons (Fsp3) is 0.550. The smallest absolute Gasteiger partial charge is 0.406 e. The summed E-state index contributed by atoms with van der Waals surface area (Å²) in [6.07, 6.45) is 0.969. The maximum atomic E-state index is 11.2. The highest BCUT2D eigenvalue weighted by Crippen LogP contribution is 2.30. The third kappa shape index (κ3) is 4.75. The third-order valence-electron chi connectivity index (χ3n) is 4.33. The van der Waals surface area contributed by atoms with Crippen LogP contribution in [0.2, 0.25) is 0 Å². The van der Waals surface area contributed by atoms with Crippen molar-refractivity contribution in [3.05, 3.63) is 35.5 Å². The highest BCUT2D eigenvalue weighted by atomic mass is 16.5. The first-order valence-electron chi connectivity index (χ1n) is 8.88. The lowest BCUT2D eigenvalue weighted by molar-refractivity contribution is 0.135. The van der Waals surface area contributed by atoms with Crippen LogP contribution >= 0.6 is 0 Å². The standard InChI is InChI=1S/C20H30N2O3/c1-6-7-14-8-9-17-15(10-14)11-18(20(2,3)4)22(17)13-16(23)12-21-19(24)25-5/h8-11,16,23H,6-7,12-13H2,1-5H3,(H,21,24). The molecule has 0 spiro atoms. The Morgan fingerprint density at radius 1 is 1.32 bits per heavy atom. The topological polar surface area (TPSA) is 63.5 Å². The van der Waals surface area contributed by atoms with Gasteiger partial charge in [0.25, 0.3) is 0 Å². The molecule has 1 atom stereocenters. The summed E-state index contributed by atoms with van der Waals surface area (Å²) in [6, 6.07) is 8.75. The number of carbonyl (C=O) groups excluding carboxylic acids is 1. The zero-order chi connectivity index (χ0) is 18.6. The molecular formula is C20H30N2O3. The van der Waals surface area contributed by atoms with Crippen molar-refractivity contribution in [1.29, 1.82) is 0 Å². The Kier molecular flexibility index (Phi) is 6.11. The molecule has 1 aromatic heterocycles. The quantitative estimate of drug-likeness (QED) is 0.840. The molecule has 1 amide bonds. The molecule has 138 valence electrons. The first kappa shape index (κ1) is 19.3. The number of aromatic nitrogens is 1. The molecule has 0 aliphatic carbocycles. The zero-order valence-electron chi connectivity index (χ0n) is 15.9. The number of methoxy groups -OCH3 is 1. The van der Waals surface area contributed by atoms with Gasteiger partial charge in [-0.2, -0.15) is 0 Å². The van der Waals surface area contributed by atoms with Crippen LogP contribution in [0.25, 0.3) is 10.9 Å². The predicted octanol–water partition coefficient (Wildman–Crippen LogP) is 3.61. The first-order valence-corrected chi connectivity index (χ1v) is 8.88. The Balaban J connectivity index is 2.33. The van der Waals surface area contributed by atoms with Gasteiger partial charge in [0.05, 0.1) is 19.8 Å². The van der Waals surface area contributed by atoms with E-state index in [0.717, 1.165) is 18.4 Å². The van der Waals surface area contributed by atoms with Gasteiger partial charge in [-0.05, 0) is 30.2 Å². The third-order valence-corrected chi connectivity index (χ3v) is 4.33. The molecule has 1 unspecified atom stereocenters. The molecule has 0 saturated heterocycles. The predicted molar refractivity (Wildman–Crippen MR) is 101 cm³/mol. The number of amides is 1. The average Bonchev–Trinajstić information content (AvgIpc) is 2.91. The van der Waals surface area contributed by atoms with Crippen LogP contribution in [0.15, 0.2) is 24.3 Å². The van der Waals surface area contributed by atoms with E-state index in [1.54, 1.807) is 0 Å². The monoisotopic (exact) mass is 346 g/mol. The highest BCUT2D eigenvalue weighted by molar-refractivity contribution is 5.82. The van der Waals surface area contributed by atoms with E-state index < -0.39 is 12.2 Å². The largest absolute Gasteiger partial charge is 0.453 e. The van der Waals surface area contributed by atoms with Gasteiger partial charge in [-0.15, -0.1) is 0 Å². The van der Waals surface area contributed by atoms with Crippen LogP contribution in [0.4, 0.5) is 4.79 Å². The average molecular weight is 346 g/mol. The molecule has 1 heterocycles. The molecule has 0 aliphatic heterocycles. The summed E-state index contributed by atoms with van der Waals surface area (Å²) in [4.78, 5) is 11.2. The van der Waals surface area contributed by atoms with E-state index >= 15 is 0 Å². The number of nitrogens with one attached hydrogen (secondary N) is 1. The number of nitrogens with zero attached hydrogens (tertiary/aromatic N) is 1. The number of aliphatic hydroxyl groups excluding tert-OH is 1. The second-order valence-corrected chi connectivity index (χ2v) is 7.56. The lowest BCUT2D eigenvalue weighted by atomic mass is 9.92. The van der Waals surface area contributed by atoms with Gasteiger partial charge in [0, 0.05) is 28.6 Å². The minimum Gasteiger partial charge on any atom is -0.453 e. The van der Waals surface area contributed by atoms with E-state index in [4.69, 9.17) is 0 Å². The fourth-order valence-electron chi connectivity index (χ4n) is 3.13. The van der Waals surface area contributed by atoms with Crippen LogP contribution in [-0.4, -0.2) is 35.5 Å². The number of rotatable bonds is 6. The van der Waals surface area contributed by atoms with Crippen molar-refractivity contribution >= 4 is 17.0 Å². The van der Waals surface area contributed by atoms with Crippen LogP contribution in [-0.2, 0) is 23.1 Å². The molecule has 0 fully saturated rings. The molecule has 5 nitrogen and oxygen atoms in total. The van der Waals surface area contributed by atoms with Gasteiger partial charge in [-0.3, -0.25) is 0 Å². The lowest BCUT2D eigenvalue weighted by Crippen LogP contribution is -2.35. The van der Waals surface area contributed by atoms with E-state index in [1.807, 2.05) is 0 Å². The normalized spacial score (nSPS) is 13.0. The Labute approximate surface area is 150 Å². The molecule has 0 radical (unpaired) electrons. The van der Waals surface area contributed by atoms with E-state index in [0.29, 0.717) is 6.54 Å². The summed E-state index contributed by atoms with van der Waals surface area (Å²) in [6.45, 7) is 9.27. The van der Waals surface area contributed by atoms with Gasteiger partial charge in [0.2, 0.25) is 0 Å². The summed E-state index contributed by atoms with van der Waals surface area (Å²) >= 11 is 0. The second kappa shape index (κ2) is 7.91. The van der Waals surface area contributed by atoms with Crippen LogP contribution in [0.5, 0.6) is 0 Å². The van der Waals surface area contributed by atoms with Crippen molar-refractivity contribution in [2.75, 3.05) is 13.7 Å². The Bertz CT molecular complexity index is 728. The van der Waals surface area contributed by atoms with Crippen LogP contribution in [0.3, 0.4) is 0 Å². The van der Waals surface area contributed by atoms with Crippen LogP contribution in [0, 0.1) is 0 Å². The molecule has 0 bridgehead atoms. The summed E-state index contributed by atoms with van der Waals surface area (Å²) in [5.74, 6) is 0. The van der Waals surface area contributed by atoms with E-state index in [2.05, 4.69) is 66.6 Å². The van der Waals surface area contributed by atoms with Gasteiger partial charge in [-0.25, -0.2) is 4.79 Å². The number of fused-ring (bicyclic) bond motifs is 1. The van der Waals surface area contributed by atoms with Gasteiger partial charge < -0.3 is 19.7 Å². The second-order valence-electron chi connectivity index (χ2n) is 7.56. The minimum atomic E-state index is -0.689. The van der Waals surface area contributed by atoms with Crippen molar-refractivity contribution in [2.45, 2.75) is 58.6 Å². The molecule has 0 aliphatic rings. The van der Waals surface area contributed by atoms with E-state index in [-0.39, 0.29) is 12.0 Å². The first-order chi connectivity index (χ1) is 11.8. The number of aryl methyl sites for hydroxylation is 1. The van der Waals surface area contributed by atoms with Crippen molar-refractivity contribution in [1.82, 2.24) is 9.88 Å². The molecule has 2 rings (SSSR count). The summed E-state index contributed by atoms with van der Waals surface area (Å²) in [5, 5.41) is 14.1. The van der Waals surface area contributed by atoms with Crippen molar-refractivity contribution in [3.63, 3.8) is 0 Å². The van der Waals surface area contributed by atoms with Crippen molar-refractivity contribution in [3.8, 4) is 0 Å². The van der Waals surface area contributed by atoms with Gasteiger partial charge >= 0.3 is 6.09 Å². The zero-order valence-corrected chi connectivity index (χ0v) is 15.9. The van der Waals surface area contributed by atoms with Gasteiger partial charge in [0.15, 0.2) is 0 Å². The lowest BCUT2D eigenvalue weighted by Gasteiger charge is -2.24. The number of carbonyl (C=O) groups is 1. The van der Waals surface area contributed by atoms with Crippen LogP contribution in [0.1, 0.15) is 45.4 Å². The number of aliphatic hydroxyl groups is 1. The minimum absolute atomic E-state index is 0.0422. The van der Waals surface area contributed by atoms with Gasteiger partial charge in [-0.1, -0.05) is 40.2 Å². The Hall–Kier alpha value is -2.01. The molecule has 2 aromatic rings. The molecule has 2 N–H and O–H groups in total. The van der Waals surface area contributed by atoms with Crippen molar-refractivity contribution in [2.24, 2.45) is 0 Å². The maximum absolute atomic E-state index is 11.2. The number of hydrogen-bond donors (Lipinski definition) is 2. The molecule has 25 heavy (non-hydrogen) atoms. The Morgan fingerprint density at radius 2 is 2.04 bits per heavy atom. The van der Waals surface area contributed by atoms with E-state index in [1.165, 1.54) is 23.8 Å². The van der Waals surface area contributed by atoms with Crippen molar-refractivity contribution < 1.29 is 14.6 Å². The van der Waals surface area contributed by atoms with E-state index in [9.17, 15) is 9.90 Å². The number of benzene rings is 1. The Morgan fingerprint density at radius 3 is 2.64 bits per heavy atom. The molecular weight excluding hydrogens is 316 g/mol. The SMILES string of the molecule is CCCc1ccc2c(c1)cc(C(C)(C)C)n2CC(O)CNC(=O)OC. The van der Waals surface area contributed by atoms with Crippen LogP contribution < -0.4 is 5.32 Å². The number of hydrogen-bond acceptors (Lipinski definition) is 3. The maximum Gasteiger partial charge on any atom is 0.406 e. The van der Waals surface area contributed by atoms with Gasteiger partial charge in [0.1, 0.15) is 0 Å². The molecule has 1 aromatic carbocycles. The number of ether oxygens (including phenoxy) is 1. The summed E-state index contributed by atoms with van der Waals surface area (Å²) in [7, 11) is 1.31. The fourth-order valence-corrected chi connectivity index (χ4v) is 3.13. The highest BCUT2D eigenvalue weighted by Gasteiger charge is 2.22. The summed E-state index contributed by atoms with van der Waals surface area (Å²) < 4.78 is 6.71.